The van der Waals surface area contributed by atoms with Gasteiger partial charge < -0.3 is 10.2 Å². The summed E-state index contributed by atoms with van der Waals surface area (Å²) in [5, 5.41) is 25.2. The van der Waals surface area contributed by atoms with Crippen LogP contribution in [0.3, 0.4) is 0 Å². The molecule has 0 aliphatic carbocycles. The van der Waals surface area contributed by atoms with E-state index in [2.05, 4.69) is 10.3 Å². The Morgan fingerprint density at radius 1 is 1.29 bits per heavy atom. The van der Waals surface area contributed by atoms with Crippen molar-refractivity contribution in [1.82, 2.24) is 15.0 Å². The molecule has 0 unspecified atom stereocenters. The molecule has 0 radical (unpaired) electrons. The molecule has 0 bridgehead atoms. The molecule has 88 valence electrons. The number of rotatable bonds is 4. The summed E-state index contributed by atoms with van der Waals surface area (Å²) in [6, 6.07) is 6.91. The lowest BCUT2D eigenvalue weighted by Crippen LogP contribution is -2.03. The average Bonchev–Trinajstić information content (AvgIpc) is 2.77. The molecular formula is C11H11N3O3. The summed E-state index contributed by atoms with van der Waals surface area (Å²) < 4.78 is 1.50. The number of carbonyl (C=O) groups is 1. The van der Waals surface area contributed by atoms with Gasteiger partial charge >= 0.3 is 5.97 Å². The highest BCUT2D eigenvalue weighted by atomic mass is 16.4. The zero-order valence-electron chi connectivity index (χ0n) is 8.95. The van der Waals surface area contributed by atoms with Gasteiger partial charge in [0.25, 0.3) is 0 Å². The maximum atomic E-state index is 10.5. The number of aliphatic carboxylic acids is 1. The minimum absolute atomic E-state index is 0.00943. The summed E-state index contributed by atoms with van der Waals surface area (Å²) >= 11 is 0. The van der Waals surface area contributed by atoms with Gasteiger partial charge in [0.05, 0.1) is 30.6 Å². The molecule has 0 aliphatic rings. The van der Waals surface area contributed by atoms with Crippen molar-refractivity contribution in [2.45, 2.75) is 13.0 Å². The molecule has 0 atom stereocenters. The summed E-state index contributed by atoms with van der Waals surface area (Å²) in [4.78, 5) is 10.5. The van der Waals surface area contributed by atoms with E-state index in [9.17, 15) is 4.79 Å². The van der Waals surface area contributed by atoms with Crippen molar-refractivity contribution >= 4 is 5.97 Å². The fourth-order valence-corrected chi connectivity index (χ4v) is 1.51. The SMILES string of the molecule is O=C(O)Cc1ccc(-n2nncc2CO)cc1. The Kier molecular flexibility index (Phi) is 3.15. The summed E-state index contributed by atoms with van der Waals surface area (Å²) in [6.07, 6.45) is 1.47. The van der Waals surface area contributed by atoms with Gasteiger partial charge in [0.1, 0.15) is 0 Å². The van der Waals surface area contributed by atoms with Crippen LogP contribution < -0.4 is 0 Å². The maximum Gasteiger partial charge on any atom is 0.307 e. The lowest BCUT2D eigenvalue weighted by molar-refractivity contribution is -0.136. The van der Waals surface area contributed by atoms with Crippen LogP contribution in [-0.4, -0.2) is 31.2 Å². The number of carboxylic acid groups (broad SMARTS) is 1. The second-order valence-corrected chi connectivity index (χ2v) is 3.53. The maximum absolute atomic E-state index is 10.5. The van der Waals surface area contributed by atoms with Crippen LogP contribution in [0.4, 0.5) is 0 Å². The minimum Gasteiger partial charge on any atom is -0.481 e. The molecule has 2 rings (SSSR count). The minimum atomic E-state index is -0.866. The molecule has 17 heavy (non-hydrogen) atoms. The Hall–Kier alpha value is -2.21. The fourth-order valence-electron chi connectivity index (χ4n) is 1.51. The molecule has 2 N–H and O–H groups in total. The molecular weight excluding hydrogens is 222 g/mol. The Balaban J connectivity index is 2.26. The van der Waals surface area contributed by atoms with Gasteiger partial charge in [0.2, 0.25) is 0 Å². The average molecular weight is 233 g/mol. The van der Waals surface area contributed by atoms with Crippen LogP contribution in [0.25, 0.3) is 5.69 Å². The third-order valence-corrected chi connectivity index (χ3v) is 2.32. The van der Waals surface area contributed by atoms with Gasteiger partial charge in [-0.15, -0.1) is 5.10 Å². The van der Waals surface area contributed by atoms with Crippen LogP contribution in [0.15, 0.2) is 30.5 Å². The first kappa shape index (κ1) is 11.3. The summed E-state index contributed by atoms with van der Waals surface area (Å²) in [7, 11) is 0. The van der Waals surface area contributed by atoms with E-state index >= 15 is 0 Å². The molecule has 0 amide bonds. The molecule has 6 nitrogen and oxygen atoms in total. The lowest BCUT2D eigenvalue weighted by atomic mass is 10.1. The smallest absolute Gasteiger partial charge is 0.307 e. The van der Waals surface area contributed by atoms with Crippen molar-refractivity contribution in [3.05, 3.63) is 41.7 Å². The monoisotopic (exact) mass is 233 g/mol. The number of carboxylic acids is 1. The largest absolute Gasteiger partial charge is 0.481 e. The second-order valence-electron chi connectivity index (χ2n) is 3.53. The highest BCUT2D eigenvalue weighted by Gasteiger charge is 2.05. The third kappa shape index (κ3) is 2.48. The number of aliphatic hydroxyl groups excluding tert-OH is 1. The van der Waals surface area contributed by atoms with Crippen molar-refractivity contribution in [2.24, 2.45) is 0 Å². The van der Waals surface area contributed by atoms with E-state index in [0.29, 0.717) is 11.3 Å². The van der Waals surface area contributed by atoms with Gasteiger partial charge in [0, 0.05) is 0 Å². The van der Waals surface area contributed by atoms with E-state index in [4.69, 9.17) is 10.2 Å². The standard InChI is InChI=1S/C11H11N3O3/c15-7-10-6-12-13-14(10)9-3-1-8(2-4-9)5-11(16)17/h1-4,6,15H,5,7H2,(H,16,17). The Bertz CT molecular complexity index is 519. The Morgan fingerprint density at radius 3 is 2.59 bits per heavy atom. The molecule has 0 spiro atoms. The van der Waals surface area contributed by atoms with Crippen LogP contribution in [0, 0.1) is 0 Å². The molecule has 0 saturated carbocycles. The van der Waals surface area contributed by atoms with E-state index in [1.807, 2.05) is 0 Å². The van der Waals surface area contributed by atoms with Crippen molar-refractivity contribution in [3.63, 3.8) is 0 Å². The zero-order chi connectivity index (χ0) is 12.3. The van der Waals surface area contributed by atoms with Crippen LogP contribution in [0.1, 0.15) is 11.3 Å². The van der Waals surface area contributed by atoms with Gasteiger partial charge in [-0.25, -0.2) is 4.68 Å². The molecule has 1 aromatic carbocycles. The molecule has 0 aliphatic heterocycles. The molecule has 0 fully saturated rings. The van der Waals surface area contributed by atoms with Crippen LogP contribution in [0.5, 0.6) is 0 Å². The van der Waals surface area contributed by atoms with Crippen LogP contribution >= 0.6 is 0 Å². The first-order valence-electron chi connectivity index (χ1n) is 5.02. The van der Waals surface area contributed by atoms with E-state index in [0.717, 1.165) is 5.69 Å². The van der Waals surface area contributed by atoms with Gasteiger partial charge in [0.15, 0.2) is 0 Å². The zero-order valence-corrected chi connectivity index (χ0v) is 8.95. The first-order valence-corrected chi connectivity index (χ1v) is 5.02. The van der Waals surface area contributed by atoms with E-state index in [-0.39, 0.29) is 13.0 Å². The van der Waals surface area contributed by atoms with E-state index < -0.39 is 5.97 Å². The number of aromatic nitrogens is 3. The number of nitrogens with zero attached hydrogens (tertiary/aromatic N) is 3. The van der Waals surface area contributed by atoms with Crippen LogP contribution in [0.2, 0.25) is 0 Å². The van der Waals surface area contributed by atoms with Crippen molar-refractivity contribution in [3.8, 4) is 5.69 Å². The van der Waals surface area contributed by atoms with Gasteiger partial charge in [-0.1, -0.05) is 17.3 Å². The Labute approximate surface area is 97.1 Å². The normalized spacial score (nSPS) is 10.4. The van der Waals surface area contributed by atoms with Gasteiger partial charge in [-0.3, -0.25) is 4.79 Å². The fraction of sp³-hybridized carbons (Fsp3) is 0.182. The predicted octanol–water partition coefficient (Wildman–Crippen LogP) is 0.387. The lowest BCUT2D eigenvalue weighted by Gasteiger charge is -2.04. The first-order chi connectivity index (χ1) is 8.20. The quantitative estimate of drug-likeness (QED) is 0.797. The van der Waals surface area contributed by atoms with Crippen molar-refractivity contribution in [2.75, 3.05) is 0 Å². The highest BCUT2D eigenvalue weighted by Crippen LogP contribution is 2.11. The van der Waals surface area contributed by atoms with Crippen molar-refractivity contribution < 1.29 is 15.0 Å². The highest BCUT2D eigenvalue weighted by molar-refractivity contribution is 5.70. The van der Waals surface area contributed by atoms with E-state index in [1.54, 1.807) is 24.3 Å². The summed E-state index contributed by atoms with van der Waals surface area (Å²) in [5.74, 6) is -0.866. The Morgan fingerprint density at radius 2 is 2.00 bits per heavy atom. The summed E-state index contributed by atoms with van der Waals surface area (Å²) in [6.45, 7) is -0.149. The third-order valence-electron chi connectivity index (χ3n) is 2.32. The number of benzene rings is 1. The molecule has 0 saturated heterocycles. The van der Waals surface area contributed by atoms with E-state index in [1.165, 1.54) is 10.9 Å². The predicted molar refractivity (Wildman–Crippen MR) is 58.6 cm³/mol. The van der Waals surface area contributed by atoms with Crippen LogP contribution in [-0.2, 0) is 17.8 Å². The second kappa shape index (κ2) is 4.75. The molecule has 6 heteroatoms. The van der Waals surface area contributed by atoms with Gasteiger partial charge in [-0.2, -0.15) is 0 Å². The number of aliphatic hydroxyl groups is 1. The van der Waals surface area contributed by atoms with Gasteiger partial charge in [-0.05, 0) is 17.7 Å². The summed E-state index contributed by atoms with van der Waals surface area (Å²) in [5.41, 5.74) is 2.03. The molecule has 1 heterocycles. The van der Waals surface area contributed by atoms with Crippen molar-refractivity contribution in [1.29, 1.82) is 0 Å². The molecule has 2 aromatic rings. The number of hydrogen-bond acceptors (Lipinski definition) is 4. The molecule has 1 aromatic heterocycles. The number of hydrogen-bond donors (Lipinski definition) is 2. The topological polar surface area (TPSA) is 88.2 Å².